The predicted molar refractivity (Wildman–Crippen MR) is 122 cm³/mol. The molecule has 2 heterocycles. The van der Waals surface area contributed by atoms with Gasteiger partial charge < -0.3 is 14.0 Å². The molecular weight excluding hydrogens is 395 g/mol. The highest BCUT2D eigenvalue weighted by atomic mass is 32.2. The molecule has 2 aliphatic rings. The highest BCUT2D eigenvalue weighted by Crippen LogP contribution is 2.36. The zero-order valence-electron chi connectivity index (χ0n) is 18.7. The zero-order valence-corrected chi connectivity index (χ0v) is 19.5. The summed E-state index contributed by atoms with van der Waals surface area (Å²) in [5.41, 5.74) is 3.99. The molecule has 1 aliphatic heterocycles. The molecule has 160 valence electrons. The van der Waals surface area contributed by atoms with Crippen molar-refractivity contribution in [2.75, 3.05) is 6.61 Å². The van der Waals surface area contributed by atoms with Crippen molar-refractivity contribution in [3.63, 3.8) is 0 Å². The van der Waals surface area contributed by atoms with Gasteiger partial charge in [-0.2, -0.15) is 4.98 Å². The van der Waals surface area contributed by atoms with Crippen LogP contribution in [0.15, 0.2) is 29.4 Å². The van der Waals surface area contributed by atoms with Gasteiger partial charge in [0, 0.05) is 11.3 Å². The Labute approximate surface area is 184 Å². The van der Waals surface area contributed by atoms with Crippen LogP contribution in [0.4, 0.5) is 0 Å². The van der Waals surface area contributed by atoms with Crippen LogP contribution >= 0.6 is 11.8 Å². The number of aryl methyl sites for hydroxylation is 1. The van der Waals surface area contributed by atoms with Crippen molar-refractivity contribution in [2.45, 2.75) is 82.4 Å². The van der Waals surface area contributed by atoms with Crippen molar-refractivity contribution < 1.29 is 14.0 Å². The molecule has 0 saturated carbocycles. The number of thioether (sulfide) groups is 1. The Bertz CT molecular complexity index is 886. The molecule has 30 heavy (non-hydrogen) atoms. The van der Waals surface area contributed by atoms with Crippen molar-refractivity contribution in [1.82, 2.24) is 9.97 Å². The van der Waals surface area contributed by atoms with Crippen LogP contribution in [-0.4, -0.2) is 34.9 Å². The monoisotopic (exact) mass is 426 g/mol. The maximum Gasteiger partial charge on any atom is 0.494 e. The third-order valence-corrected chi connectivity index (χ3v) is 7.20. The molecular formula is C23H31BN2O3S. The van der Waals surface area contributed by atoms with E-state index < -0.39 is 0 Å². The minimum atomic E-state index is -0.325. The second-order valence-electron chi connectivity index (χ2n) is 9.00. The summed E-state index contributed by atoms with van der Waals surface area (Å²) in [5, 5.41) is 0.800. The Kier molecular flexibility index (Phi) is 6.15. The van der Waals surface area contributed by atoms with Crippen LogP contribution in [-0.2, 0) is 27.9 Å². The fraction of sp³-hybridized carbons (Fsp3) is 0.565. The van der Waals surface area contributed by atoms with E-state index >= 15 is 0 Å². The van der Waals surface area contributed by atoms with E-state index in [-0.39, 0.29) is 18.3 Å². The Morgan fingerprint density at radius 3 is 2.33 bits per heavy atom. The maximum atomic E-state index is 6.15. The maximum absolute atomic E-state index is 6.15. The highest BCUT2D eigenvalue weighted by Gasteiger charge is 2.51. The summed E-state index contributed by atoms with van der Waals surface area (Å²) in [5.74, 6) is 1.59. The van der Waals surface area contributed by atoms with E-state index in [1.165, 1.54) is 29.7 Å². The molecule has 1 aliphatic carbocycles. The number of benzene rings is 1. The molecule has 7 heteroatoms. The molecule has 2 aromatic rings. The number of hydrogen-bond donors (Lipinski definition) is 0. The number of hydrogen-bond acceptors (Lipinski definition) is 6. The van der Waals surface area contributed by atoms with Gasteiger partial charge >= 0.3 is 7.12 Å². The van der Waals surface area contributed by atoms with E-state index in [0.29, 0.717) is 6.61 Å². The minimum absolute atomic E-state index is 0.325. The van der Waals surface area contributed by atoms with E-state index in [1.54, 1.807) is 11.8 Å². The molecule has 5 nitrogen and oxygen atoms in total. The Hall–Kier alpha value is -1.57. The molecule has 1 saturated heterocycles. The second-order valence-corrected chi connectivity index (χ2v) is 9.94. The molecule has 1 aromatic heterocycles. The number of ether oxygens (including phenoxy) is 1. The first-order valence-corrected chi connectivity index (χ1v) is 11.9. The summed E-state index contributed by atoms with van der Waals surface area (Å²) < 4.78 is 18.1. The summed E-state index contributed by atoms with van der Waals surface area (Å²) in [6.45, 7) is 10.9. The second kappa shape index (κ2) is 8.52. The van der Waals surface area contributed by atoms with Crippen molar-refractivity contribution in [1.29, 1.82) is 0 Å². The smallest absolute Gasteiger partial charge is 0.478 e. The number of aromatic nitrogens is 2. The van der Waals surface area contributed by atoms with Crippen LogP contribution in [0.1, 0.15) is 64.3 Å². The fourth-order valence-electron chi connectivity index (χ4n) is 3.76. The first kappa shape index (κ1) is 21.7. The molecule has 0 amide bonds. The van der Waals surface area contributed by atoms with Gasteiger partial charge in [0.25, 0.3) is 0 Å². The predicted octanol–water partition coefficient (Wildman–Crippen LogP) is 4.35. The lowest BCUT2D eigenvalue weighted by atomic mass is 9.79. The van der Waals surface area contributed by atoms with Gasteiger partial charge in [-0.3, -0.25) is 0 Å². The molecule has 4 rings (SSSR count). The van der Waals surface area contributed by atoms with E-state index in [1.807, 2.05) is 6.92 Å². The summed E-state index contributed by atoms with van der Waals surface area (Å²) in [6.07, 6.45) is 4.43. The van der Waals surface area contributed by atoms with Gasteiger partial charge in [-0.05, 0) is 71.3 Å². The topological polar surface area (TPSA) is 53.5 Å². The van der Waals surface area contributed by atoms with Crippen LogP contribution in [0.3, 0.4) is 0 Å². The molecule has 0 bridgehead atoms. The number of nitrogens with zero attached hydrogens (tertiary/aromatic N) is 2. The Morgan fingerprint density at radius 2 is 1.67 bits per heavy atom. The van der Waals surface area contributed by atoms with Gasteiger partial charge in [0.2, 0.25) is 5.88 Å². The molecule has 0 N–H and O–H groups in total. The molecule has 1 aromatic carbocycles. The zero-order chi connectivity index (χ0) is 21.4. The van der Waals surface area contributed by atoms with Crippen molar-refractivity contribution in [3.05, 3.63) is 41.1 Å². The van der Waals surface area contributed by atoms with E-state index in [9.17, 15) is 0 Å². The fourth-order valence-corrected chi connectivity index (χ4v) is 4.57. The quantitative estimate of drug-likeness (QED) is 0.389. The Morgan fingerprint density at radius 1 is 1.00 bits per heavy atom. The lowest BCUT2D eigenvalue weighted by Gasteiger charge is -2.32. The average molecular weight is 426 g/mol. The Balaban J connectivity index is 1.43. The van der Waals surface area contributed by atoms with Gasteiger partial charge in [-0.25, -0.2) is 4.98 Å². The van der Waals surface area contributed by atoms with E-state index in [4.69, 9.17) is 24.0 Å². The number of fused-ring (bicyclic) bond motifs is 1. The summed E-state index contributed by atoms with van der Waals surface area (Å²) in [7, 11) is -0.325. The van der Waals surface area contributed by atoms with Gasteiger partial charge in [-0.1, -0.05) is 36.0 Å². The molecule has 0 atom stereocenters. The highest BCUT2D eigenvalue weighted by molar-refractivity contribution is 7.98. The lowest BCUT2D eigenvalue weighted by molar-refractivity contribution is 0.00578. The summed E-state index contributed by atoms with van der Waals surface area (Å²) >= 11 is 1.66. The number of rotatable bonds is 6. The lowest BCUT2D eigenvalue weighted by Crippen LogP contribution is -2.41. The molecule has 1 fully saturated rings. The van der Waals surface area contributed by atoms with Gasteiger partial charge in [0.1, 0.15) is 0 Å². The average Bonchev–Trinajstić information content (AvgIpc) is 2.94. The van der Waals surface area contributed by atoms with Crippen LogP contribution in [0.25, 0.3) is 0 Å². The third-order valence-electron chi connectivity index (χ3n) is 6.28. The van der Waals surface area contributed by atoms with Crippen LogP contribution < -0.4 is 10.2 Å². The molecule has 0 unspecified atom stereocenters. The van der Waals surface area contributed by atoms with Gasteiger partial charge in [0.15, 0.2) is 5.16 Å². The largest absolute Gasteiger partial charge is 0.494 e. The van der Waals surface area contributed by atoms with E-state index in [0.717, 1.165) is 35.1 Å². The van der Waals surface area contributed by atoms with Crippen LogP contribution in [0.2, 0.25) is 0 Å². The first-order chi connectivity index (χ1) is 14.3. The molecule has 0 spiro atoms. The normalized spacial score (nSPS) is 19.6. The minimum Gasteiger partial charge on any atom is -0.478 e. The van der Waals surface area contributed by atoms with Crippen molar-refractivity contribution >= 4 is 24.3 Å². The van der Waals surface area contributed by atoms with Crippen molar-refractivity contribution in [2.24, 2.45) is 0 Å². The van der Waals surface area contributed by atoms with Gasteiger partial charge in [0.05, 0.1) is 23.5 Å². The molecule has 0 radical (unpaired) electrons. The van der Waals surface area contributed by atoms with Crippen LogP contribution in [0.5, 0.6) is 5.88 Å². The van der Waals surface area contributed by atoms with Crippen molar-refractivity contribution in [3.8, 4) is 5.88 Å². The summed E-state index contributed by atoms with van der Waals surface area (Å²) in [4.78, 5) is 9.51. The third kappa shape index (κ3) is 4.39. The SMILES string of the molecule is CCOc1nc(SCc2ccc(B3OC(C)(C)C(C)(C)O3)cc2)nc2c1CCCC2. The first-order valence-electron chi connectivity index (χ1n) is 10.9. The van der Waals surface area contributed by atoms with Crippen LogP contribution in [0, 0.1) is 0 Å². The standard InChI is InChI=1S/C23H31BN2O3S/c1-6-27-20-18-9-7-8-10-19(18)25-21(26-20)30-15-16-11-13-17(14-12-16)24-28-22(2,3)23(4,5)29-24/h11-14H,6-10,15H2,1-5H3. The van der Waals surface area contributed by atoms with Gasteiger partial charge in [-0.15, -0.1) is 0 Å². The van der Waals surface area contributed by atoms with E-state index in [2.05, 4.69) is 52.0 Å². The summed E-state index contributed by atoms with van der Waals surface area (Å²) in [6, 6.07) is 8.46.